The second kappa shape index (κ2) is 17.4. The van der Waals surface area contributed by atoms with Gasteiger partial charge in [-0.2, -0.15) is 49.4 Å². The van der Waals surface area contributed by atoms with Crippen molar-refractivity contribution in [2.24, 2.45) is 0 Å². The molecule has 4 atom stereocenters. The Hall–Kier alpha value is -0.921. The molecule has 3 rings (SSSR count). The summed E-state index contributed by atoms with van der Waals surface area (Å²) in [6, 6.07) is 2.21. The molecule has 2 heterocycles. The zero-order valence-electron chi connectivity index (χ0n) is 22.5. The van der Waals surface area contributed by atoms with Crippen LogP contribution in [0.5, 0.6) is 0 Å². The number of hydrogen-bond donors (Lipinski definition) is 2. The summed E-state index contributed by atoms with van der Waals surface area (Å²) >= 11 is 0. The first-order valence-electron chi connectivity index (χ1n) is 12.4. The van der Waals surface area contributed by atoms with Crippen molar-refractivity contribution in [3.05, 3.63) is 35.1 Å². The zero-order valence-corrected chi connectivity index (χ0v) is 25.3. The Bertz CT molecular complexity index is 996. The fourth-order valence-electron chi connectivity index (χ4n) is 4.58. The van der Waals surface area contributed by atoms with E-state index in [0.29, 0.717) is 24.2 Å². The van der Waals surface area contributed by atoms with Crippen LogP contribution in [0.25, 0.3) is 10.6 Å². The summed E-state index contributed by atoms with van der Waals surface area (Å²) in [7, 11) is -7.06. The molecule has 1 radical (unpaired) electrons. The van der Waals surface area contributed by atoms with E-state index >= 15 is 0 Å². The maximum atomic E-state index is 10.7. The Kier molecular flexibility index (Phi) is 17.0. The molecule has 2 fully saturated rings. The summed E-state index contributed by atoms with van der Waals surface area (Å²) in [5.41, 5.74) is -11.1. The third-order valence-electron chi connectivity index (χ3n) is 6.53. The van der Waals surface area contributed by atoms with Crippen molar-refractivity contribution in [3.8, 4) is 0 Å². The molecule has 0 bridgehead atoms. The Balaban J connectivity index is 0.000000781. The van der Waals surface area contributed by atoms with E-state index in [1.807, 2.05) is 12.3 Å². The largest absolute Gasteiger partial charge is 0.684 e. The van der Waals surface area contributed by atoms with Crippen LogP contribution in [0.2, 0.25) is 0 Å². The Morgan fingerprint density at radius 3 is 1.59 bits per heavy atom. The molecule has 0 amide bonds. The van der Waals surface area contributed by atoms with Gasteiger partial charge in [-0.05, 0) is 40.0 Å². The zero-order chi connectivity index (χ0) is 30.8. The number of halogens is 6. The summed E-state index contributed by atoms with van der Waals surface area (Å²) < 4.78 is 115. The molecule has 0 aromatic heterocycles. The fourth-order valence-corrected chi connectivity index (χ4v) is 4.58. The van der Waals surface area contributed by atoms with Gasteiger partial charge in [0.25, 0.3) is 0 Å². The van der Waals surface area contributed by atoms with Gasteiger partial charge >= 0.3 is 31.3 Å². The van der Waals surface area contributed by atoms with Crippen LogP contribution in [-0.4, -0.2) is 105 Å². The quantitative estimate of drug-likeness (QED) is 0.177. The van der Waals surface area contributed by atoms with Crippen LogP contribution in [0.4, 0.5) is 26.3 Å². The monoisotopic (exact) mass is 685 g/mol. The van der Waals surface area contributed by atoms with Crippen molar-refractivity contribution >= 4 is 20.2 Å². The van der Waals surface area contributed by atoms with E-state index in [9.17, 15) is 26.3 Å². The molecule has 0 spiro atoms. The molecule has 4 unspecified atom stereocenters. The normalized spacial score (nSPS) is 25.3. The molecule has 1 saturated carbocycles. The fraction of sp³-hybridized carbons (Fsp3) is 0.818. The van der Waals surface area contributed by atoms with E-state index in [0.717, 1.165) is 19.6 Å². The minimum atomic E-state index is -5.84. The molecule has 0 aromatic rings. The van der Waals surface area contributed by atoms with Gasteiger partial charge in [-0.25, -0.2) is 0 Å². The van der Waals surface area contributed by atoms with Crippen molar-refractivity contribution in [3.63, 3.8) is 0 Å². The van der Waals surface area contributed by atoms with Crippen LogP contribution in [0, 0.1) is 0 Å². The summed E-state index contributed by atoms with van der Waals surface area (Å²) in [6.45, 7) is 3.25. The van der Waals surface area contributed by atoms with Gasteiger partial charge in [0.1, 0.15) is 0 Å². The predicted octanol–water partition coefficient (Wildman–Crippen LogP) is 4.70. The average molecular weight is 686 g/mol. The molecular formula is C22H36F6MnN4O6S2-2. The first-order valence-corrected chi connectivity index (χ1v) is 15.3. The standard InChI is InChI=1S/C20H34N4.2CHF3O3S.Mn/c1-23(15-17-9-5-7-13-21-17)19-11-3-4-12-20(19)24(2)16-18-10-6-8-14-22-18;2*2-1(3,4)8(5,6)7;/h5,7,9,13,17-20H,3-4,6,8,10-12,14-16H2,1-2H3;2*(H,5,6,7);/q-2;;;. The van der Waals surface area contributed by atoms with Crippen LogP contribution >= 0.6 is 0 Å². The van der Waals surface area contributed by atoms with Crippen molar-refractivity contribution < 1.29 is 69.4 Å². The van der Waals surface area contributed by atoms with E-state index in [4.69, 9.17) is 31.3 Å². The van der Waals surface area contributed by atoms with E-state index in [-0.39, 0.29) is 17.1 Å². The van der Waals surface area contributed by atoms with Gasteiger partial charge in [0.2, 0.25) is 0 Å². The number of nitrogens with zero attached hydrogens (tertiary/aromatic N) is 4. The molecule has 19 heteroatoms. The molecule has 0 aromatic carbocycles. The first kappa shape index (κ1) is 40.1. The molecule has 243 valence electrons. The Labute approximate surface area is 247 Å². The Morgan fingerprint density at radius 1 is 0.780 bits per heavy atom. The van der Waals surface area contributed by atoms with Crippen molar-refractivity contribution in [2.45, 2.75) is 80.1 Å². The van der Waals surface area contributed by atoms with Crippen LogP contribution in [-0.2, 0) is 37.3 Å². The van der Waals surface area contributed by atoms with Crippen LogP contribution < -0.4 is 0 Å². The summed E-state index contributed by atoms with van der Waals surface area (Å²) in [5, 5.41) is 9.43. The molecule has 41 heavy (non-hydrogen) atoms. The van der Waals surface area contributed by atoms with Gasteiger partial charge in [-0.3, -0.25) is 9.11 Å². The van der Waals surface area contributed by atoms with Gasteiger partial charge < -0.3 is 20.4 Å². The maximum absolute atomic E-state index is 10.7. The van der Waals surface area contributed by atoms with Gasteiger partial charge in [0.15, 0.2) is 0 Å². The molecule has 10 nitrogen and oxygen atoms in total. The maximum Gasteiger partial charge on any atom is 0.522 e. The SMILES string of the molecule is CN(CC1C=CC=C[N-]1)C1CCCCC1N(C)CC1CCCC[N-]1.O=S(=O)(O)C(F)(F)F.O=S(=O)(O)C(F)(F)F.[Mn]. The van der Waals surface area contributed by atoms with Crippen LogP contribution in [0.3, 0.4) is 0 Å². The van der Waals surface area contributed by atoms with Crippen LogP contribution in [0.15, 0.2) is 24.4 Å². The molecule has 1 aliphatic carbocycles. The second-order valence-corrected chi connectivity index (χ2v) is 12.5. The molecular weight excluding hydrogens is 649 g/mol. The Morgan fingerprint density at radius 2 is 1.22 bits per heavy atom. The predicted molar refractivity (Wildman–Crippen MR) is 138 cm³/mol. The van der Waals surface area contributed by atoms with Crippen molar-refractivity contribution in [1.82, 2.24) is 9.80 Å². The topological polar surface area (TPSA) is 143 Å². The first-order chi connectivity index (χ1) is 18.2. The third-order valence-corrected chi connectivity index (χ3v) is 7.70. The van der Waals surface area contributed by atoms with E-state index in [2.05, 4.69) is 41.4 Å². The summed E-state index contributed by atoms with van der Waals surface area (Å²) in [4.78, 5) is 5.18. The minimum Gasteiger partial charge on any atom is -0.684 e. The minimum absolute atomic E-state index is 0. The molecule has 3 aliphatic rings. The van der Waals surface area contributed by atoms with E-state index in [1.54, 1.807) is 0 Å². The number of likely N-dealkylation sites (N-methyl/N-ethyl adjacent to an activating group) is 2. The average Bonchev–Trinajstić information content (AvgIpc) is 2.83. The van der Waals surface area contributed by atoms with E-state index in [1.165, 1.54) is 44.9 Å². The second-order valence-electron chi connectivity index (χ2n) is 9.64. The number of piperidine rings is 1. The summed E-state index contributed by atoms with van der Waals surface area (Å²) in [5.74, 6) is 0. The van der Waals surface area contributed by atoms with Gasteiger partial charge in [0.05, 0.1) is 0 Å². The number of hydrogen-bond acceptors (Lipinski definition) is 6. The van der Waals surface area contributed by atoms with Crippen molar-refractivity contribution in [2.75, 3.05) is 33.7 Å². The van der Waals surface area contributed by atoms with Gasteiger partial charge in [-0.15, -0.1) is 12.6 Å². The molecule has 2 N–H and O–H groups in total. The smallest absolute Gasteiger partial charge is 0.522 e. The molecule has 2 aliphatic heterocycles. The number of rotatable bonds is 6. The van der Waals surface area contributed by atoms with Crippen LogP contribution in [0.1, 0.15) is 44.9 Å². The number of allylic oxidation sites excluding steroid dienone is 2. The number of alkyl halides is 6. The van der Waals surface area contributed by atoms with E-state index < -0.39 is 31.3 Å². The summed E-state index contributed by atoms with van der Waals surface area (Å²) in [6.07, 6.45) is 17.6. The van der Waals surface area contributed by atoms with Gasteiger partial charge in [0, 0.05) is 29.2 Å². The third kappa shape index (κ3) is 14.9. The van der Waals surface area contributed by atoms with Gasteiger partial charge in [-0.1, -0.05) is 56.4 Å². The van der Waals surface area contributed by atoms with Crippen molar-refractivity contribution in [1.29, 1.82) is 0 Å². The molecule has 1 saturated heterocycles.